The molecule has 0 fully saturated rings. The number of hydrogen-bond acceptors (Lipinski definition) is 8. The molecule has 2 aromatic rings. The molecule has 220 valence electrons. The van der Waals surface area contributed by atoms with Crippen LogP contribution in [0.4, 0.5) is 0 Å². The van der Waals surface area contributed by atoms with Gasteiger partial charge in [0, 0.05) is 19.3 Å². The van der Waals surface area contributed by atoms with E-state index in [4.69, 9.17) is 10.8 Å². The SMILES string of the molecule is NC(CCC(=O)O)C(=O)NC(CC(=O)O)C(=O)NC(Cc1ccc(O)cc1)C(=O)NC(Cc1ccccc1)C(=O)O. The maximum atomic E-state index is 13.3. The van der Waals surface area contributed by atoms with Crippen molar-refractivity contribution >= 4 is 35.6 Å². The molecule has 0 aliphatic heterocycles. The van der Waals surface area contributed by atoms with Crippen molar-refractivity contribution in [2.75, 3.05) is 0 Å². The van der Waals surface area contributed by atoms with Crippen molar-refractivity contribution in [1.29, 1.82) is 0 Å². The maximum absolute atomic E-state index is 13.3. The zero-order chi connectivity index (χ0) is 30.5. The van der Waals surface area contributed by atoms with Crippen LogP contribution in [-0.4, -0.2) is 80.2 Å². The third-order valence-electron chi connectivity index (χ3n) is 5.92. The van der Waals surface area contributed by atoms with Gasteiger partial charge in [-0.05, 0) is 29.7 Å². The number of nitrogens with one attached hydrogen (secondary N) is 3. The first-order chi connectivity index (χ1) is 19.3. The second-order valence-electron chi connectivity index (χ2n) is 9.22. The fourth-order valence-electron chi connectivity index (χ4n) is 3.74. The Balaban J connectivity index is 2.26. The van der Waals surface area contributed by atoms with Crippen molar-refractivity contribution in [2.24, 2.45) is 5.73 Å². The summed E-state index contributed by atoms with van der Waals surface area (Å²) in [6, 6.07) is 8.30. The van der Waals surface area contributed by atoms with Gasteiger partial charge in [0.1, 0.15) is 23.9 Å². The highest BCUT2D eigenvalue weighted by atomic mass is 16.4. The van der Waals surface area contributed by atoms with Gasteiger partial charge in [-0.2, -0.15) is 0 Å². The molecule has 14 heteroatoms. The van der Waals surface area contributed by atoms with Crippen molar-refractivity contribution in [1.82, 2.24) is 16.0 Å². The fraction of sp³-hybridized carbons (Fsp3) is 0.333. The molecule has 0 heterocycles. The molecule has 0 bridgehead atoms. The predicted octanol–water partition coefficient (Wildman–Crippen LogP) is -0.617. The molecule has 9 N–H and O–H groups in total. The van der Waals surface area contributed by atoms with E-state index in [9.17, 15) is 44.1 Å². The number of aromatic hydroxyl groups is 1. The molecular weight excluding hydrogens is 540 g/mol. The minimum absolute atomic E-state index is 0.0592. The average Bonchev–Trinajstić information content (AvgIpc) is 2.91. The van der Waals surface area contributed by atoms with Gasteiger partial charge >= 0.3 is 17.9 Å². The standard InChI is InChI=1S/C27H32N4O10/c28-18(10-11-22(33)34)24(37)29-20(14-23(35)36)26(39)30-19(12-16-6-8-17(32)9-7-16)25(38)31-21(27(40)41)13-15-4-2-1-3-5-15/h1-9,18-21,32H,10-14,28H2,(H,29,37)(H,30,39)(H,31,38)(H,33,34)(H,35,36)(H,40,41). The molecule has 0 radical (unpaired) electrons. The van der Waals surface area contributed by atoms with Crippen LogP contribution >= 0.6 is 0 Å². The normalized spacial score (nSPS) is 13.6. The predicted molar refractivity (Wildman–Crippen MR) is 142 cm³/mol. The molecule has 3 amide bonds. The number of carboxylic acid groups (broad SMARTS) is 3. The number of nitrogens with two attached hydrogens (primary N) is 1. The van der Waals surface area contributed by atoms with Crippen LogP contribution in [0.2, 0.25) is 0 Å². The summed E-state index contributed by atoms with van der Waals surface area (Å²) in [5, 5.41) is 44.2. The largest absolute Gasteiger partial charge is 0.508 e. The summed E-state index contributed by atoms with van der Waals surface area (Å²) in [7, 11) is 0. The summed E-state index contributed by atoms with van der Waals surface area (Å²) >= 11 is 0. The van der Waals surface area contributed by atoms with Crippen molar-refractivity contribution < 1.29 is 49.2 Å². The van der Waals surface area contributed by atoms with E-state index in [0.717, 1.165) is 0 Å². The Bertz CT molecular complexity index is 1240. The quantitative estimate of drug-likeness (QED) is 0.126. The molecule has 0 aliphatic carbocycles. The molecule has 0 aromatic heterocycles. The molecule has 0 spiro atoms. The Morgan fingerprint density at radius 3 is 1.73 bits per heavy atom. The number of benzene rings is 2. The van der Waals surface area contributed by atoms with Gasteiger partial charge in [-0.15, -0.1) is 0 Å². The summed E-state index contributed by atoms with van der Waals surface area (Å²) in [6.07, 6.45) is -1.84. The van der Waals surface area contributed by atoms with Gasteiger partial charge in [0.2, 0.25) is 17.7 Å². The van der Waals surface area contributed by atoms with Gasteiger partial charge in [0.05, 0.1) is 12.5 Å². The van der Waals surface area contributed by atoms with Crippen LogP contribution in [0.25, 0.3) is 0 Å². The lowest BCUT2D eigenvalue weighted by atomic mass is 10.0. The molecule has 0 aliphatic rings. The summed E-state index contributed by atoms with van der Waals surface area (Å²) in [5.74, 6) is -6.99. The number of phenols is 1. The third-order valence-corrected chi connectivity index (χ3v) is 5.92. The molecular formula is C27H32N4O10. The number of hydrogen-bond donors (Lipinski definition) is 8. The van der Waals surface area contributed by atoms with E-state index in [-0.39, 0.29) is 25.0 Å². The number of phenolic OH excluding ortho intramolecular Hbond substituents is 1. The summed E-state index contributed by atoms with van der Waals surface area (Å²) in [6.45, 7) is 0. The molecule has 4 atom stereocenters. The highest BCUT2D eigenvalue weighted by Crippen LogP contribution is 2.12. The monoisotopic (exact) mass is 572 g/mol. The maximum Gasteiger partial charge on any atom is 0.326 e. The molecule has 4 unspecified atom stereocenters. The molecule has 0 saturated carbocycles. The number of carbonyl (C=O) groups excluding carboxylic acids is 3. The smallest absolute Gasteiger partial charge is 0.326 e. The lowest BCUT2D eigenvalue weighted by molar-refractivity contribution is -0.143. The van der Waals surface area contributed by atoms with Gasteiger partial charge in [0.25, 0.3) is 0 Å². The first kappa shape index (κ1) is 32.2. The van der Waals surface area contributed by atoms with E-state index in [2.05, 4.69) is 16.0 Å². The molecule has 0 saturated heterocycles. The van der Waals surface area contributed by atoms with E-state index in [1.807, 2.05) is 0 Å². The third kappa shape index (κ3) is 11.3. The first-order valence-electron chi connectivity index (χ1n) is 12.5. The zero-order valence-electron chi connectivity index (χ0n) is 21.9. The average molecular weight is 573 g/mol. The Labute approximate surface area is 234 Å². The molecule has 41 heavy (non-hydrogen) atoms. The van der Waals surface area contributed by atoms with Crippen molar-refractivity contribution in [3.63, 3.8) is 0 Å². The van der Waals surface area contributed by atoms with Crippen LogP contribution in [0.5, 0.6) is 5.75 Å². The summed E-state index contributed by atoms with van der Waals surface area (Å²) in [5.41, 5.74) is 6.75. The van der Waals surface area contributed by atoms with E-state index >= 15 is 0 Å². The summed E-state index contributed by atoms with van der Waals surface area (Å²) in [4.78, 5) is 72.9. The molecule has 2 rings (SSSR count). The zero-order valence-corrected chi connectivity index (χ0v) is 21.9. The second kappa shape index (κ2) is 15.6. The van der Waals surface area contributed by atoms with Crippen molar-refractivity contribution in [2.45, 2.75) is 56.3 Å². The van der Waals surface area contributed by atoms with Gasteiger partial charge in [-0.3, -0.25) is 24.0 Å². The van der Waals surface area contributed by atoms with Gasteiger partial charge in [-0.25, -0.2) is 4.79 Å². The van der Waals surface area contributed by atoms with E-state index in [1.165, 1.54) is 24.3 Å². The van der Waals surface area contributed by atoms with Crippen LogP contribution < -0.4 is 21.7 Å². The summed E-state index contributed by atoms with van der Waals surface area (Å²) < 4.78 is 0. The number of aliphatic carboxylic acids is 3. The highest BCUT2D eigenvalue weighted by molar-refractivity contribution is 5.95. The van der Waals surface area contributed by atoms with E-state index in [0.29, 0.717) is 11.1 Å². The Morgan fingerprint density at radius 2 is 1.17 bits per heavy atom. The van der Waals surface area contributed by atoms with Crippen LogP contribution in [0.3, 0.4) is 0 Å². The second-order valence-corrected chi connectivity index (χ2v) is 9.22. The minimum Gasteiger partial charge on any atom is -0.508 e. The molecule has 14 nitrogen and oxygen atoms in total. The Hall–Kier alpha value is -4.98. The van der Waals surface area contributed by atoms with Gasteiger partial charge in [0.15, 0.2) is 0 Å². The van der Waals surface area contributed by atoms with E-state index in [1.54, 1.807) is 30.3 Å². The Morgan fingerprint density at radius 1 is 0.659 bits per heavy atom. The van der Waals surface area contributed by atoms with Gasteiger partial charge < -0.3 is 42.1 Å². The lowest BCUT2D eigenvalue weighted by Crippen LogP contribution is -2.58. The number of rotatable bonds is 16. The minimum atomic E-state index is -1.69. The highest BCUT2D eigenvalue weighted by Gasteiger charge is 2.32. The molecule has 2 aromatic carbocycles. The van der Waals surface area contributed by atoms with E-state index < -0.39 is 72.6 Å². The lowest BCUT2D eigenvalue weighted by Gasteiger charge is -2.25. The topological polar surface area (TPSA) is 245 Å². The fourth-order valence-corrected chi connectivity index (χ4v) is 3.74. The van der Waals surface area contributed by atoms with Crippen LogP contribution in [0, 0.1) is 0 Å². The van der Waals surface area contributed by atoms with Crippen molar-refractivity contribution in [3.8, 4) is 5.75 Å². The Kier molecular flexibility index (Phi) is 12.2. The van der Waals surface area contributed by atoms with Crippen molar-refractivity contribution in [3.05, 3.63) is 65.7 Å². The number of amides is 3. The van der Waals surface area contributed by atoms with Crippen LogP contribution in [-0.2, 0) is 41.6 Å². The number of carboxylic acids is 3. The van der Waals surface area contributed by atoms with Crippen LogP contribution in [0.1, 0.15) is 30.4 Å². The first-order valence-corrected chi connectivity index (χ1v) is 12.5. The number of carbonyl (C=O) groups is 6. The van der Waals surface area contributed by atoms with Gasteiger partial charge in [-0.1, -0.05) is 42.5 Å². The van der Waals surface area contributed by atoms with Crippen LogP contribution in [0.15, 0.2) is 54.6 Å².